The molecule has 2 aromatic rings. The highest BCUT2D eigenvalue weighted by Crippen LogP contribution is 2.41. The molecule has 0 bridgehead atoms. The number of alkyl halides is 2. The second-order valence-corrected chi connectivity index (χ2v) is 10.5. The van der Waals surface area contributed by atoms with Crippen LogP contribution in [0.5, 0.6) is 5.75 Å². The van der Waals surface area contributed by atoms with Crippen molar-refractivity contribution in [2.45, 2.75) is 58.4 Å². The van der Waals surface area contributed by atoms with Crippen molar-refractivity contribution in [1.82, 2.24) is 15.1 Å². The highest BCUT2D eigenvalue weighted by atomic mass is 19.3. The summed E-state index contributed by atoms with van der Waals surface area (Å²) in [5.41, 5.74) is 1.23. The zero-order valence-electron chi connectivity index (χ0n) is 23.6. The van der Waals surface area contributed by atoms with E-state index >= 15 is 0 Å². The molecule has 2 aliphatic rings. The van der Waals surface area contributed by atoms with E-state index in [4.69, 9.17) is 9.47 Å². The first-order valence-corrected chi connectivity index (χ1v) is 13.7. The maximum absolute atomic E-state index is 14.5. The first-order valence-electron chi connectivity index (χ1n) is 13.7. The van der Waals surface area contributed by atoms with Gasteiger partial charge < -0.3 is 29.7 Å². The molecule has 1 saturated heterocycles. The third-order valence-corrected chi connectivity index (χ3v) is 7.23. The van der Waals surface area contributed by atoms with E-state index in [2.05, 4.69) is 5.32 Å². The molecule has 2 N–H and O–H groups in total. The maximum Gasteiger partial charge on any atom is 0.482 e. The van der Waals surface area contributed by atoms with E-state index in [1.54, 1.807) is 36.1 Å². The topological polar surface area (TPSA) is 129 Å². The minimum Gasteiger partial charge on any atom is -0.465 e. The van der Waals surface area contributed by atoms with Crippen molar-refractivity contribution in [2.75, 3.05) is 31.1 Å². The van der Waals surface area contributed by atoms with Gasteiger partial charge in [0.05, 0.1) is 11.7 Å². The van der Waals surface area contributed by atoms with Gasteiger partial charge in [0.15, 0.2) is 5.75 Å². The fourth-order valence-corrected chi connectivity index (χ4v) is 5.22. The summed E-state index contributed by atoms with van der Waals surface area (Å²) in [6, 6.07) is 10.9. The van der Waals surface area contributed by atoms with Crippen LogP contribution >= 0.6 is 0 Å². The number of anilines is 1. The van der Waals surface area contributed by atoms with Crippen LogP contribution in [0.3, 0.4) is 0 Å². The van der Waals surface area contributed by atoms with Crippen molar-refractivity contribution in [1.29, 1.82) is 0 Å². The standard InChI is InChI=1S/C29H34F2N4O7/c1-18(2)35(21-10-7-12-33(16-21)28(39)40)25(36)22-15-23-24(14-19(22)3)42-29(30,31)26(37)34(23)13-11-32-27(38)41-17-20-8-5-4-6-9-20/h4-6,8-9,14-15,18,21H,7,10-13,16-17H2,1-3H3,(H,32,38)(H,39,40). The molecule has 0 aliphatic carbocycles. The van der Waals surface area contributed by atoms with Crippen molar-refractivity contribution in [2.24, 2.45) is 0 Å². The lowest BCUT2D eigenvalue weighted by Gasteiger charge is -2.41. The number of hydrogen-bond acceptors (Lipinski definition) is 6. The number of nitrogens with one attached hydrogen (secondary N) is 1. The second kappa shape index (κ2) is 12.6. The average molecular weight is 589 g/mol. The summed E-state index contributed by atoms with van der Waals surface area (Å²) < 4.78 is 38.9. The van der Waals surface area contributed by atoms with Crippen molar-refractivity contribution in [3.8, 4) is 5.75 Å². The summed E-state index contributed by atoms with van der Waals surface area (Å²) in [6.45, 7) is 5.18. The lowest BCUT2D eigenvalue weighted by atomic mass is 9.98. The van der Waals surface area contributed by atoms with Gasteiger partial charge >= 0.3 is 24.2 Å². The molecule has 226 valence electrons. The van der Waals surface area contributed by atoms with E-state index in [1.807, 2.05) is 19.9 Å². The van der Waals surface area contributed by atoms with Crippen LogP contribution in [0.4, 0.5) is 24.1 Å². The van der Waals surface area contributed by atoms with Gasteiger partial charge in [-0.05, 0) is 56.9 Å². The number of rotatable bonds is 8. The summed E-state index contributed by atoms with van der Waals surface area (Å²) in [5, 5.41) is 11.9. The number of carbonyl (C=O) groups excluding carboxylic acids is 3. The molecular formula is C29H34F2N4O7. The molecule has 1 unspecified atom stereocenters. The van der Waals surface area contributed by atoms with Gasteiger partial charge in [0, 0.05) is 37.8 Å². The summed E-state index contributed by atoms with van der Waals surface area (Å²) in [4.78, 5) is 53.9. The third-order valence-electron chi connectivity index (χ3n) is 7.23. The molecule has 1 atom stereocenters. The number of carbonyl (C=O) groups is 4. The van der Waals surface area contributed by atoms with Gasteiger partial charge in [-0.3, -0.25) is 14.5 Å². The number of ether oxygens (including phenoxy) is 2. The Balaban J connectivity index is 1.54. The number of benzene rings is 2. The van der Waals surface area contributed by atoms with Gasteiger partial charge in [0.1, 0.15) is 6.61 Å². The number of amides is 4. The minimum atomic E-state index is -4.15. The van der Waals surface area contributed by atoms with Crippen molar-refractivity contribution >= 4 is 29.7 Å². The lowest BCUT2D eigenvalue weighted by Crippen LogP contribution is -2.54. The molecule has 2 aliphatic heterocycles. The van der Waals surface area contributed by atoms with E-state index in [9.17, 15) is 33.1 Å². The number of fused-ring (bicyclic) bond motifs is 1. The van der Waals surface area contributed by atoms with Crippen LogP contribution in [0.2, 0.25) is 0 Å². The zero-order valence-corrected chi connectivity index (χ0v) is 23.6. The fraction of sp³-hybridized carbons (Fsp3) is 0.448. The molecule has 4 amide bonds. The van der Waals surface area contributed by atoms with E-state index in [-0.39, 0.29) is 55.3 Å². The summed E-state index contributed by atoms with van der Waals surface area (Å²) in [7, 11) is 0. The third kappa shape index (κ3) is 6.72. The van der Waals surface area contributed by atoms with Crippen molar-refractivity contribution in [3.05, 3.63) is 59.2 Å². The van der Waals surface area contributed by atoms with Crippen LogP contribution in [-0.4, -0.2) is 83.3 Å². The molecule has 1 fully saturated rings. The second-order valence-electron chi connectivity index (χ2n) is 10.5. The fourth-order valence-electron chi connectivity index (χ4n) is 5.22. The highest BCUT2D eigenvalue weighted by molar-refractivity contribution is 6.04. The SMILES string of the molecule is Cc1cc2c(cc1C(=O)N(C(C)C)C1CCCN(C(=O)O)C1)N(CCNC(=O)OCc1ccccc1)C(=O)C(F)(F)O2. The van der Waals surface area contributed by atoms with Gasteiger partial charge in [0.25, 0.3) is 5.91 Å². The number of nitrogens with zero attached hydrogens (tertiary/aromatic N) is 3. The molecular weight excluding hydrogens is 554 g/mol. The molecule has 4 rings (SSSR count). The Labute approximate surface area is 242 Å². The Morgan fingerprint density at radius 2 is 1.93 bits per heavy atom. The first kappa shape index (κ1) is 30.5. The molecule has 42 heavy (non-hydrogen) atoms. The number of halogens is 2. The van der Waals surface area contributed by atoms with Crippen LogP contribution in [0.1, 0.15) is 48.2 Å². The molecule has 0 radical (unpaired) electrons. The van der Waals surface area contributed by atoms with Gasteiger partial charge in [0.2, 0.25) is 0 Å². The largest absolute Gasteiger partial charge is 0.482 e. The Morgan fingerprint density at radius 1 is 1.21 bits per heavy atom. The van der Waals surface area contributed by atoms with Gasteiger partial charge in [-0.1, -0.05) is 30.3 Å². The predicted molar refractivity (Wildman–Crippen MR) is 148 cm³/mol. The van der Waals surface area contributed by atoms with Crippen molar-refractivity contribution < 1.29 is 42.5 Å². The van der Waals surface area contributed by atoms with Gasteiger partial charge in [-0.25, -0.2) is 9.59 Å². The van der Waals surface area contributed by atoms with Gasteiger partial charge in [-0.15, -0.1) is 0 Å². The van der Waals surface area contributed by atoms with E-state index in [0.717, 1.165) is 10.5 Å². The van der Waals surface area contributed by atoms with Crippen LogP contribution in [0.15, 0.2) is 42.5 Å². The van der Waals surface area contributed by atoms with Crippen LogP contribution in [-0.2, 0) is 16.1 Å². The average Bonchev–Trinajstić information content (AvgIpc) is 2.94. The van der Waals surface area contributed by atoms with Crippen molar-refractivity contribution in [3.63, 3.8) is 0 Å². The van der Waals surface area contributed by atoms with Crippen LogP contribution < -0.4 is 15.0 Å². The minimum absolute atomic E-state index is 0.00633. The van der Waals surface area contributed by atoms with E-state index in [1.165, 1.54) is 17.0 Å². The number of likely N-dealkylation sites (tertiary alicyclic amines) is 1. The number of piperidine rings is 1. The first-order chi connectivity index (χ1) is 19.9. The normalized spacial score (nSPS) is 17.8. The number of aryl methyl sites for hydroxylation is 1. The Hall–Kier alpha value is -4.42. The number of carboxylic acid groups (broad SMARTS) is 1. The predicted octanol–water partition coefficient (Wildman–Crippen LogP) is 4.23. The monoisotopic (exact) mass is 588 g/mol. The van der Waals surface area contributed by atoms with E-state index < -0.39 is 30.1 Å². The number of hydrogen-bond donors (Lipinski definition) is 2. The molecule has 0 spiro atoms. The molecule has 13 heteroatoms. The summed E-state index contributed by atoms with van der Waals surface area (Å²) >= 11 is 0. The maximum atomic E-state index is 14.5. The lowest BCUT2D eigenvalue weighted by molar-refractivity contribution is -0.192. The zero-order chi connectivity index (χ0) is 30.6. The Bertz CT molecular complexity index is 1340. The Morgan fingerprint density at radius 3 is 2.60 bits per heavy atom. The number of alkyl carbamates (subject to hydrolysis) is 1. The highest BCUT2D eigenvalue weighted by Gasteiger charge is 2.51. The van der Waals surface area contributed by atoms with E-state index in [0.29, 0.717) is 24.9 Å². The Kier molecular flexibility index (Phi) is 9.17. The summed E-state index contributed by atoms with van der Waals surface area (Å²) in [5.74, 6) is -2.34. The molecule has 0 aromatic heterocycles. The molecule has 2 aromatic carbocycles. The van der Waals surface area contributed by atoms with Gasteiger partial charge in [-0.2, -0.15) is 8.78 Å². The molecule has 0 saturated carbocycles. The van der Waals surface area contributed by atoms with Crippen LogP contribution in [0, 0.1) is 6.92 Å². The van der Waals surface area contributed by atoms with Crippen LogP contribution in [0.25, 0.3) is 0 Å². The summed E-state index contributed by atoms with van der Waals surface area (Å²) in [6.07, 6.45) is -4.82. The molecule has 11 nitrogen and oxygen atoms in total. The molecule has 2 heterocycles. The smallest absolute Gasteiger partial charge is 0.465 e. The quantitative estimate of drug-likeness (QED) is 0.472.